The van der Waals surface area contributed by atoms with Crippen molar-refractivity contribution in [2.75, 3.05) is 12.4 Å². The van der Waals surface area contributed by atoms with Crippen LogP contribution >= 0.6 is 0 Å². The quantitative estimate of drug-likeness (QED) is 0.346. The number of methoxy groups -OCH3 is 1. The standard InChI is InChI=1S/C27H27N5O5/c1-18-9-11-20(12-10-18)17-31-25(30-26(34)32(27(31)35)16-19(2)24(33)36-3)29-21-13-14-23(28-15-21)37-22-7-5-4-6-8-22/h4-15,19H,16-17H2,1-3H3,(H,29,30,34)/t19-/m0/s1. The second kappa shape index (κ2) is 11.3. The maximum Gasteiger partial charge on any atom is 0.354 e. The fourth-order valence-electron chi connectivity index (χ4n) is 3.60. The number of aromatic nitrogens is 4. The van der Waals surface area contributed by atoms with Crippen molar-refractivity contribution in [2.24, 2.45) is 5.92 Å². The Balaban J connectivity index is 1.66. The van der Waals surface area contributed by atoms with Gasteiger partial charge in [0, 0.05) is 12.6 Å². The van der Waals surface area contributed by atoms with Crippen molar-refractivity contribution in [1.82, 2.24) is 19.1 Å². The van der Waals surface area contributed by atoms with E-state index in [4.69, 9.17) is 9.47 Å². The van der Waals surface area contributed by atoms with Gasteiger partial charge in [0.2, 0.25) is 11.8 Å². The first-order chi connectivity index (χ1) is 17.8. The molecule has 4 rings (SSSR count). The largest absolute Gasteiger partial charge is 0.469 e. The fraction of sp³-hybridized carbons (Fsp3) is 0.222. The summed E-state index contributed by atoms with van der Waals surface area (Å²) in [6.07, 6.45) is 1.52. The molecule has 0 radical (unpaired) electrons. The molecule has 2 aromatic heterocycles. The Morgan fingerprint density at radius 2 is 1.73 bits per heavy atom. The number of nitrogens with one attached hydrogen (secondary N) is 1. The first-order valence-electron chi connectivity index (χ1n) is 11.6. The van der Waals surface area contributed by atoms with Crippen molar-refractivity contribution in [3.05, 3.63) is 105 Å². The number of rotatable bonds is 9. The number of pyridine rings is 1. The summed E-state index contributed by atoms with van der Waals surface area (Å²) in [4.78, 5) is 46.6. The average molecular weight is 502 g/mol. The Labute approximate surface area is 213 Å². The third-order valence-electron chi connectivity index (χ3n) is 5.63. The van der Waals surface area contributed by atoms with Gasteiger partial charge >= 0.3 is 17.3 Å². The maximum atomic E-state index is 13.4. The Morgan fingerprint density at radius 3 is 2.38 bits per heavy atom. The molecule has 0 spiro atoms. The van der Waals surface area contributed by atoms with Gasteiger partial charge in [-0.15, -0.1) is 0 Å². The molecule has 0 fully saturated rings. The number of anilines is 2. The van der Waals surface area contributed by atoms with Crippen molar-refractivity contribution in [2.45, 2.75) is 26.9 Å². The van der Waals surface area contributed by atoms with Crippen molar-refractivity contribution < 1.29 is 14.3 Å². The predicted octanol–water partition coefficient (Wildman–Crippen LogP) is 3.50. The summed E-state index contributed by atoms with van der Waals surface area (Å²) < 4.78 is 12.7. The van der Waals surface area contributed by atoms with Gasteiger partial charge < -0.3 is 14.8 Å². The van der Waals surface area contributed by atoms with Gasteiger partial charge in [-0.3, -0.25) is 9.36 Å². The summed E-state index contributed by atoms with van der Waals surface area (Å²) in [5, 5.41) is 3.02. The van der Waals surface area contributed by atoms with Crippen molar-refractivity contribution in [3.63, 3.8) is 0 Å². The smallest absolute Gasteiger partial charge is 0.354 e. The number of carbonyl (C=O) groups is 1. The molecule has 0 bridgehead atoms. The molecule has 2 heterocycles. The number of benzene rings is 2. The summed E-state index contributed by atoms with van der Waals surface area (Å²) >= 11 is 0. The van der Waals surface area contributed by atoms with Crippen LogP contribution in [0.1, 0.15) is 18.1 Å². The first kappa shape index (κ1) is 25.4. The number of carbonyl (C=O) groups excluding carboxylic acids is 1. The molecule has 2 aromatic carbocycles. The van der Waals surface area contributed by atoms with Gasteiger partial charge in [-0.05, 0) is 30.7 Å². The highest BCUT2D eigenvalue weighted by atomic mass is 16.5. The molecular formula is C27H27N5O5. The van der Waals surface area contributed by atoms with Crippen LogP contribution in [0, 0.1) is 12.8 Å². The first-order valence-corrected chi connectivity index (χ1v) is 11.6. The van der Waals surface area contributed by atoms with Gasteiger partial charge in [-0.1, -0.05) is 55.0 Å². The molecule has 37 heavy (non-hydrogen) atoms. The highest BCUT2D eigenvalue weighted by Crippen LogP contribution is 2.21. The number of hydrogen-bond donors (Lipinski definition) is 1. The van der Waals surface area contributed by atoms with Crippen LogP contribution in [-0.4, -0.2) is 32.2 Å². The van der Waals surface area contributed by atoms with E-state index < -0.39 is 23.3 Å². The minimum absolute atomic E-state index is 0.0519. The number of para-hydroxylation sites is 1. The monoisotopic (exact) mass is 501 g/mol. The Kier molecular flexibility index (Phi) is 7.77. The van der Waals surface area contributed by atoms with E-state index in [0.717, 1.165) is 15.7 Å². The minimum atomic E-state index is -0.777. The number of hydrogen-bond acceptors (Lipinski definition) is 8. The van der Waals surface area contributed by atoms with Gasteiger partial charge in [-0.25, -0.2) is 19.1 Å². The van der Waals surface area contributed by atoms with Crippen LogP contribution in [0.3, 0.4) is 0 Å². The number of esters is 1. The Morgan fingerprint density at radius 1 is 1.00 bits per heavy atom. The van der Waals surface area contributed by atoms with E-state index in [1.54, 1.807) is 19.1 Å². The normalized spacial score (nSPS) is 11.5. The molecule has 0 aliphatic rings. The summed E-state index contributed by atoms with van der Waals surface area (Å²) in [7, 11) is 1.26. The third kappa shape index (κ3) is 6.29. The fourth-order valence-corrected chi connectivity index (χ4v) is 3.60. The summed E-state index contributed by atoms with van der Waals surface area (Å²) in [5.74, 6) is -0.146. The van der Waals surface area contributed by atoms with Gasteiger partial charge in [0.1, 0.15) is 5.75 Å². The zero-order valence-electron chi connectivity index (χ0n) is 20.7. The van der Waals surface area contributed by atoms with Crippen molar-refractivity contribution in [1.29, 1.82) is 0 Å². The maximum absolute atomic E-state index is 13.4. The predicted molar refractivity (Wildman–Crippen MR) is 138 cm³/mol. The van der Waals surface area contributed by atoms with Crippen LogP contribution in [0.2, 0.25) is 0 Å². The number of ether oxygens (including phenoxy) is 2. The van der Waals surface area contributed by atoms with E-state index in [9.17, 15) is 14.4 Å². The zero-order valence-corrected chi connectivity index (χ0v) is 20.7. The molecule has 10 heteroatoms. The second-order valence-corrected chi connectivity index (χ2v) is 8.53. The highest BCUT2D eigenvalue weighted by Gasteiger charge is 2.20. The second-order valence-electron chi connectivity index (χ2n) is 8.53. The van der Waals surface area contributed by atoms with Gasteiger partial charge in [-0.2, -0.15) is 4.98 Å². The summed E-state index contributed by atoms with van der Waals surface area (Å²) in [5.41, 5.74) is 1.04. The van der Waals surface area contributed by atoms with Crippen LogP contribution in [0.4, 0.5) is 11.6 Å². The molecule has 1 N–H and O–H groups in total. The van der Waals surface area contributed by atoms with E-state index in [2.05, 4.69) is 15.3 Å². The van der Waals surface area contributed by atoms with E-state index in [-0.39, 0.29) is 19.0 Å². The molecule has 10 nitrogen and oxygen atoms in total. The molecule has 0 saturated carbocycles. The lowest BCUT2D eigenvalue weighted by Crippen LogP contribution is -2.44. The van der Waals surface area contributed by atoms with Crippen LogP contribution in [0.5, 0.6) is 11.6 Å². The van der Waals surface area contributed by atoms with E-state index in [1.807, 2.05) is 61.5 Å². The summed E-state index contributed by atoms with van der Waals surface area (Å²) in [6, 6.07) is 20.3. The minimum Gasteiger partial charge on any atom is -0.469 e. The van der Waals surface area contributed by atoms with Crippen molar-refractivity contribution >= 4 is 17.6 Å². The molecule has 1 atom stereocenters. The number of aryl methyl sites for hydroxylation is 1. The van der Waals surface area contributed by atoms with E-state index >= 15 is 0 Å². The van der Waals surface area contributed by atoms with Crippen LogP contribution in [0.15, 0.2) is 82.5 Å². The topological polar surface area (TPSA) is 117 Å². The lowest BCUT2D eigenvalue weighted by atomic mass is 10.1. The van der Waals surface area contributed by atoms with Crippen molar-refractivity contribution in [3.8, 4) is 11.6 Å². The van der Waals surface area contributed by atoms with Gasteiger partial charge in [0.25, 0.3) is 0 Å². The third-order valence-corrected chi connectivity index (χ3v) is 5.63. The van der Waals surface area contributed by atoms with Crippen LogP contribution in [-0.2, 0) is 22.6 Å². The van der Waals surface area contributed by atoms with Gasteiger partial charge in [0.15, 0.2) is 0 Å². The molecular weight excluding hydrogens is 474 g/mol. The molecule has 0 saturated heterocycles. The average Bonchev–Trinajstić information content (AvgIpc) is 2.91. The molecule has 0 aliphatic heterocycles. The molecule has 4 aromatic rings. The molecule has 0 amide bonds. The van der Waals surface area contributed by atoms with Crippen LogP contribution in [0.25, 0.3) is 0 Å². The molecule has 0 unspecified atom stereocenters. The molecule has 190 valence electrons. The van der Waals surface area contributed by atoms with E-state index in [1.165, 1.54) is 17.9 Å². The number of nitrogens with zero attached hydrogens (tertiary/aromatic N) is 4. The zero-order chi connectivity index (χ0) is 26.4. The Bertz CT molecular complexity index is 1480. The van der Waals surface area contributed by atoms with E-state index in [0.29, 0.717) is 17.3 Å². The Hall–Kier alpha value is -4.73. The summed E-state index contributed by atoms with van der Waals surface area (Å²) in [6.45, 7) is 3.55. The molecule has 0 aliphatic carbocycles. The SMILES string of the molecule is COC(=O)[C@@H](C)Cn1c(=O)nc(Nc2ccc(Oc3ccccc3)nc2)n(Cc2ccc(C)cc2)c1=O. The van der Waals surface area contributed by atoms with Crippen LogP contribution < -0.4 is 21.4 Å². The van der Waals surface area contributed by atoms with Gasteiger partial charge in [0.05, 0.1) is 31.5 Å². The highest BCUT2D eigenvalue weighted by molar-refractivity contribution is 5.71. The lowest BCUT2D eigenvalue weighted by Gasteiger charge is -2.17. The lowest BCUT2D eigenvalue weighted by molar-refractivity contribution is -0.145.